The van der Waals surface area contributed by atoms with Crippen LogP contribution in [0.25, 0.3) is 0 Å². The van der Waals surface area contributed by atoms with E-state index in [0.29, 0.717) is 29.6 Å². The van der Waals surface area contributed by atoms with E-state index < -0.39 is 0 Å². The summed E-state index contributed by atoms with van der Waals surface area (Å²) in [5, 5.41) is 0. The number of amides is 1. The first-order chi connectivity index (χ1) is 12.3. The lowest BCUT2D eigenvalue weighted by atomic mass is 10.0. The van der Waals surface area contributed by atoms with Crippen molar-refractivity contribution in [2.45, 2.75) is 50.9 Å². The van der Waals surface area contributed by atoms with E-state index in [4.69, 9.17) is 0 Å². The van der Waals surface area contributed by atoms with Crippen LogP contribution < -0.4 is 4.90 Å². The number of aromatic nitrogens is 2. The smallest absolute Gasteiger partial charge is 0.222 e. The molecule has 134 valence electrons. The first kappa shape index (κ1) is 15.6. The largest absolute Gasteiger partial charge is 0.356 e. The minimum absolute atomic E-state index is 0.408. The highest BCUT2D eigenvalue weighted by Crippen LogP contribution is 2.40. The van der Waals surface area contributed by atoms with E-state index in [9.17, 15) is 4.79 Å². The number of rotatable bonds is 4. The molecule has 2 atom stereocenters. The lowest BCUT2D eigenvalue weighted by Gasteiger charge is -2.23. The molecule has 3 heterocycles. The Morgan fingerprint density at radius 2 is 1.72 bits per heavy atom. The highest BCUT2D eigenvalue weighted by molar-refractivity contribution is 5.77. The average Bonchev–Trinajstić information content (AvgIpc) is 3.01. The number of likely N-dealkylation sites (tertiary alicyclic amines) is 1. The molecule has 1 amide bonds. The molecule has 4 aliphatic rings. The summed E-state index contributed by atoms with van der Waals surface area (Å²) in [5.74, 6) is 4.07. The van der Waals surface area contributed by atoms with Gasteiger partial charge < -0.3 is 9.80 Å². The summed E-state index contributed by atoms with van der Waals surface area (Å²) < 4.78 is 0. The fourth-order valence-electron chi connectivity index (χ4n) is 5.11. The SMILES string of the molecule is O=C(CC1CCCC1)N1CC2CN(c3cc(C4CC4)ncn3)CC2C1. The summed E-state index contributed by atoms with van der Waals surface area (Å²) in [7, 11) is 0. The Morgan fingerprint density at radius 1 is 1.00 bits per heavy atom. The van der Waals surface area contributed by atoms with Gasteiger partial charge in [-0.2, -0.15) is 0 Å². The van der Waals surface area contributed by atoms with Gasteiger partial charge in [-0.05, 0) is 31.6 Å². The molecule has 0 radical (unpaired) electrons. The molecule has 2 saturated carbocycles. The van der Waals surface area contributed by atoms with Gasteiger partial charge in [-0.3, -0.25) is 4.79 Å². The maximum Gasteiger partial charge on any atom is 0.222 e. The number of fused-ring (bicyclic) bond motifs is 1. The lowest BCUT2D eigenvalue weighted by molar-refractivity contribution is -0.131. The van der Waals surface area contributed by atoms with E-state index in [1.165, 1.54) is 44.2 Å². The van der Waals surface area contributed by atoms with Crippen molar-refractivity contribution in [2.24, 2.45) is 17.8 Å². The van der Waals surface area contributed by atoms with Gasteiger partial charge in [-0.1, -0.05) is 12.8 Å². The van der Waals surface area contributed by atoms with Gasteiger partial charge in [-0.25, -0.2) is 9.97 Å². The molecule has 2 aliphatic heterocycles. The molecule has 0 bridgehead atoms. The predicted molar refractivity (Wildman–Crippen MR) is 96.4 cm³/mol. The fourth-order valence-corrected chi connectivity index (χ4v) is 5.11. The topological polar surface area (TPSA) is 49.3 Å². The van der Waals surface area contributed by atoms with Gasteiger partial charge in [0.1, 0.15) is 12.1 Å². The Balaban J connectivity index is 1.19. The first-order valence-corrected chi connectivity index (χ1v) is 10.1. The number of hydrogen-bond donors (Lipinski definition) is 0. The molecule has 4 fully saturated rings. The van der Waals surface area contributed by atoms with E-state index in [0.717, 1.165) is 38.4 Å². The normalized spacial score (nSPS) is 29.4. The van der Waals surface area contributed by atoms with Crippen LogP contribution in [0.4, 0.5) is 5.82 Å². The Bertz CT molecular complexity index is 639. The molecule has 5 rings (SSSR count). The second kappa shape index (κ2) is 6.26. The third-order valence-electron chi connectivity index (χ3n) is 6.77. The Kier molecular flexibility index (Phi) is 3.90. The summed E-state index contributed by atoms with van der Waals surface area (Å²) in [5.41, 5.74) is 1.22. The lowest BCUT2D eigenvalue weighted by Crippen LogP contribution is -2.34. The summed E-state index contributed by atoms with van der Waals surface area (Å²) >= 11 is 0. The molecule has 1 aromatic rings. The van der Waals surface area contributed by atoms with Crippen LogP contribution in [0.1, 0.15) is 56.6 Å². The van der Waals surface area contributed by atoms with Crippen LogP contribution in [-0.2, 0) is 4.79 Å². The van der Waals surface area contributed by atoms with Crippen LogP contribution in [0.5, 0.6) is 0 Å². The monoisotopic (exact) mass is 340 g/mol. The van der Waals surface area contributed by atoms with Crippen molar-refractivity contribution < 1.29 is 4.79 Å². The van der Waals surface area contributed by atoms with Crippen molar-refractivity contribution in [1.82, 2.24) is 14.9 Å². The van der Waals surface area contributed by atoms with Crippen LogP contribution in [0.2, 0.25) is 0 Å². The summed E-state index contributed by atoms with van der Waals surface area (Å²) in [6, 6.07) is 2.20. The maximum absolute atomic E-state index is 12.6. The second-order valence-corrected chi connectivity index (χ2v) is 8.65. The minimum atomic E-state index is 0.408. The van der Waals surface area contributed by atoms with E-state index >= 15 is 0 Å². The van der Waals surface area contributed by atoms with Gasteiger partial charge in [0.2, 0.25) is 5.91 Å². The molecular weight excluding hydrogens is 312 g/mol. The molecule has 5 heteroatoms. The fraction of sp³-hybridized carbons (Fsp3) is 0.750. The van der Waals surface area contributed by atoms with Crippen molar-refractivity contribution in [3.8, 4) is 0 Å². The van der Waals surface area contributed by atoms with Crippen molar-refractivity contribution in [2.75, 3.05) is 31.1 Å². The van der Waals surface area contributed by atoms with Crippen LogP contribution in [-0.4, -0.2) is 47.0 Å². The van der Waals surface area contributed by atoms with Crippen LogP contribution >= 0.6 is 0 Å². The van der Waals surface area contributed by atoms with E-state index in [1.54, 1.807) is 6.33 Å². The van der Waals surface area contributed by atoms with Crippen LogP contribution in [0.3, 0.4) is 0 Å². The highest BCUT2D eigenvalue weighted by atomic mass is 16.2. The number of anilines is 1. The summed E-state index contributed by atoms with van der Waals surface area (Å²) in [6.45, 7) is 3.98. The maximum atomic E-state index is 12.6. The van der Waals surface area contributed by atoms with Crippen LogP contribution in [0, 0.1) is 17.8 Å². The Morgan fingerprint density at radius 3 is 2.40 bits per heavy atom. The third kappa shape index (κ3) is 3.13. The molecule has 2 saturated heterocycles. The number of carbonyl (C=O) groups excluding carboxylic acids is 1. The standard InChI is InChI=1S/C20H28N4O/c25-20(7-14-3-1-2-4-14)24-11-16-9-23(10-17(16)12-24)19-8-18(15-5-6-15)21-13-22-19/h8,13-17H,1-7,9-12H2. The third-order valence-corrected chi connectivity index (χ3v) is 6.77. The van der Waals surface area contributed by atoms with Crippen molar-refractivity contribution in [3.63, 3.8) is 0 Å². The molecule has 1 aromatic heterocycles. The second-order valence-electron chi connectivity index (χ2n) is 8.65. The molecule has 0 aromatic carbocycles. The van der Waals surface area contributed by atoms with E-state index in [-0.39, 0.29) is 0 Å². The van der Waals surface area contributed by atoms with E-state index in [2.05, 4.69) is 25.8 Å². The molecular formula is C20H28N4O. The number of carbonyl (C=O) groups is 1. The number of nitrogens with zero attached hydrogens (tertiary/aromatic N) is 4. The van der Waals surface area contributed by atoms with Crippen molar-refractivity contribution in [1.29, 1.82) is 0 Å². The zero-order chi connectivity index (χ0) is 16.8. The Hall–Kier alpha value is -1.65. The van der Waals surface area contributed by atoms with Crippen molar-refractivity contribution >= 4 is 11.7 Å². The first-order valence-electron chi connectivity index (χ1n) is 10.1. The molecule has 0 spiro atoms. The van der Waals surface area contributed by atoms with Crippen molar-refractivity contribution in [3.05, 3.63) is 18.1 Å². The summed E-state index contributed by atoms with van der Waals surface area (Å²) in [4.78, 5) is 26.1. The number of hydrogen-bond acceptors (Lipinski definition) is 4. The predicted octanol–water partition coefficient (Wildman–Crippen LogP) is 2.83. The zero-order valence-electron chi connectivity index (χ0n) is 14.9. The van der Waals surface area contributed by atoms with Gasteiger partial charge in [0.05, 0.1) is 0 Å². The van der Waals surface area contributed by atoms with Gasteiger partial charge in [0.15, 0.2) is 0 Å². The molecule has 2 unspecified atom stereocenters. The van der Waals surface area contributed by atoms with E-state index in [1.807, 2.05) is 0 Å². The quantitative estimate of drug-likeness (QED) is 0.846. The highest BCUT2D eigenvalue weighted by Gasteiger charge is 2.42. The van der Waals surface area contributed by atoms with Gasteiger partial charge in [0, 0.05) is 62.1 Å². The van der Waals surface area contributed by atoms with Gasteiger partial charge in [0.25, 0.3) is 0 Å². The Labute approximate surface area is 149 Å². The van der Waals surface area contributed by atoms with Gasteiger partial charge >= 0.3 is 0 Å². The minimum Gasteiger partial charge on any atom is -0.356 e. The zero-order valence-corrected chi connectivity index (χ0v) is 14.9. The van der Waals surface area contributed by atoms with Gasteiger partial charge in [-0.15, -0.1) is 0 Å². The molecule has 5 nitrogen and oxygen atoms in total. The van der Waals surface area contributed by atoms with Crippen LogP contribution in [0.15, 0.2) is 12.4 Å². The molecule has 2 aliphatic carbocycles. The molecule has 25 heavy (non-hydrogen) atoms. The molecule has 0 N–H and O–H groups in total. The average molecular weight is 340 g/mol. The summed E-state index contributed by atoms with van der Waals surface area (Å²) in [6.07, 6.45) is 10.2.